The summed E-state index contributed by atoms with van der Waals surface area (Å²) in [5.41, 5.74) is 3.29. The zero-order valence-electron chi connectivity index (χ0n) is 19.7. The molecule has 0 aliphatic heterocycles. The molecule has 1 amide bonds. The zero-order valence-corrected chi connectivity index (χ0v) is 21.3. The van der Waals surface area contributed by atoms with Gasteiger partial charge in [0.2, 0.25) is 15.2 Å². The van der Waals surface area contributed by atoms with Crippen LogP contribution >= 0.6 is 11.3 Å². The van der Waals surface area contributed by atoms with Gasteiger partial charge in [-0.05, 0) is 62.1 Å². The quantitative estimate of drug-likeness (QED) is 0.373. The van der Waals surface area contributed by atoms with Gasteiger partial charge in [0.25, 0.3) is 5.91 Å². The van der Waals surface area contributed by atoms with Crippen molar-refractivity contribution in [3.05, 3.63) is 65.4 Å². The smallest absolute Gasteiger partial charge is 0.256 e. The highest BCUT2D eigenvalue weighted by Crippen LogP contribution is 2.34. The van der Waals surface area contributed by atoms with E-state index < -0.39 is 10.0 Å². The van der Waals surface area contributed by atoms with Crippen molar-refractivity contribution in [3.63, 3.8) is 0 Å². The summed E-state index contributed by atoms with van der Waals surface area (Å²) in [5.74, 6) is 0.322. The van der Waals surface area contributed by atoms with E-state index in [1.165, 1.54) is 27.8 Å². The van der Waals surface area contributed by atoms with Gasteiger partial charge in [0.05, 0.1) is 20.8 Å². The van der Waals surface area contributed by atoms with E-state index in [4.69, 9.17) is 10.1 Å². The van der Waals surface area contributed by atoms with Crippen LogP contribution in [0.5, 0.6) is 0 Å². The first kappa shape index (κ1) is 23.7. The first-order valence-corrected chi connectivity index (χ1v) is 14.0. The van der Waals surface area contributed by atoms with E-state index in [1.807, 2.05) is 31.2 Å². The zero-order chi connectivity index (χ0) is 24.6. The number of rotatable bonds is 8. The van der Waals surface area contributed by atoms with E-state index in [0.717, 1.165) is 53.6 Å². The van der Waals surface area contributed by atoms with E-state index in [2.05, 4.69) is 5.32 Å². The summed E-state index contributed by atoms with van der Waals surface area (Å²) in [7, 11) is -2.01. The Morgan fingerprint density at radius 2 is 1.91 bits per heavy atom. The minimum absolute atomic E-state index is 0.174. The van der Waals surface area contributed by atoms with Crippen molar-refractivity contribution in [2.45, 2.75) is 43.9 Å². The maximum atomic E-state index is 13.2. The molecule has 2 heterocycles. The van der Waals surface area contributed by atoms with E-state index in [0.29, 0.717) is 23.1 Å². The van der Waals surface area contributed by atoms with E-state index in [9.17, 15) is 13.2 Å². The van der Waals surface area contributed by atoms with Crippen LogP contribution in [0.4, 0.5) is 5.82 Å². The third-order valence-corrected chi connectivity index (χ3v) is 9.14. The van der Waals surface area contributed by atoms with Gasteiger partial charge in [-0.15, -0.1) is 0 Å². The first-order chi connectivity index (χ1) is 16.9. The summed E-state index contributed by atoms with van der Waals surface area (Å²) in [4.78, 5) is 18.1. The minimum atomic E-state index is -3.59. The average molecular weight is 510 g/mol. The molecule has 0 spiro atoms. The van der Waals surface area contributed by atoms with Gasteiger partial charge >= 0.3 is 0 Å². The number of amides is 1. The molecule has 0 saturated carbocycles. The number of anilines is 1. The number of aryl methyl sites for hydroxylation is 1. The second kappa shape index (κ2) is 9.52. The van der Waals surface area contributed by atoms with Gasteiger partial charge in [-0.3, -0.25) is 4.79 Å². The monoisotopic (exact) mass is 509 g/mol. The summed E-state index contributed by atoms with van der Waals surface area (Å²) in [5, 5.41) is 8.49. The Bertz CT molecular complexity index is 1460. The van der Waals surface area contributed by atoms with Crippen LogP contribution < -0.4 is 5.32 Å². The number of fused-ring (bicyclic) bond motifs is 2. The molecule has 2 aromatic carbocycles. The highest BCUT2D eigenvalue weighted by Gasteiger charge is 2.26. The van der Waals surface area contributed by atoms with Crippen molar-refractivity contribution < 1.29 is 13.2 Å². The number of carbonyl (C=O) groups excluding carboxylic acids is 1. The van der Waals surface area contributed by atoms with Gasteiger partial charge in [-0.25, -0.2) is 17.7 Å². The van der Waals surface area contributed by atoms with E-state index in [-0.39, 0.29) is 10.8 Å². The van der Waals surface area contributed by atoms with Crippen LogP contribution in [0.15, 0.2) is 53.4 Å². The van der Waals surface area contributed by atoms with Crippen LogP contribution in [0.3, 0.4) is 0 Å². The molecule has 5 rings (SSSR count). The molecule has 0 fully saturated rings. The number of hydrogen-bond donors (Lipinski definition) is 1. The Kier molecular flexibility index (Phi) is 6.43. The Labute approximate surface area is 208 Å². The Morgan fingerprint density at radius 1 is 1.14 bits per heavy atom. The van der Waals surface area contributed by atoms with Gasteiger partial charge in [0, 0.05) is 24.7 Å². The van der Waals surface area contributed by atoms with Gasteiger partial charge in [-0.2, -0.15) is 9.78 Å². The van der Waals surface area contributed by atoms with Crippen LogP contribution in [0.1, 0.15) is 47.8 Å². The Balaban J connectivity index is 1.41. The molecule has 1 aliphatic carbocycles. The van der Waals surface area contributed by atoms with Gasteiger partial charge < -0.3 is 5.32 Å². The summed E-state index contributed by atoms with van der Waals surface area (Å²) in [6.45, 7) is 2.48. The number of carbonyl (C=O) groups is 1. The average Bonchev–Trinajstić information content (AvgIpc) is 3.57. The molecule has 0 bridgehead atoms. The number of nitrogens with zero attached hydrogens (tertiary/aromatic N) is 4. The van der Waals surface area contributed by atoms with Crippen LogP contribution in [0, 0.1) is 0 Å². The second-order valence-electron chi connectivity index (χ2n) is 8.66. The number of thiazole rings is 1. The van der Waals surface area contributed by atoms with Crippen LogP contribution in [0.2, 0.25) is 0 Å². The lowest BCUT2D eigenvalue weighted by atomic mass is 10.2. The molecule has 182 valence electrons. The predicted molar refractivity (Wildman–Crippen MR) is 138 cm³/mol. The molecule has 0 atom stereocenters. The highest BCUT2D eigenvalue weighted by atomic mass is 32.2. The molecule has 2 aromatic heterocycles. The molecule has 4 aromatic rings. The summed E-state index contributed by atoms with van der Waals surface area (Å²) in [6, 6.07) is 14.0. The molecule has 10 heteroatoms. The lowest BCUT2D eigenvalue weighted by Crippen LogP contribution is -2.28. The number of para-hydroxylation sites is 1. The molecule has 0 unspecified atom stereocenters. The van der Waals surface area contributed by atoms with Crippen molar-refractivity contribution in [2.75, 3.05) is 18.9 Å². The van der Waals surface area contributed by atoms with Gasteiger partial charge in [-0.1, -0.05) is 36.8 Å². The van der Waals surface area contributed by atoms with Crippen molar-refractivity contribution in [1.82, 2.24) is 19.1 Å². The Morgan fingerprint density at radius 3 is 2.66 bits per heavy atom. The van der Waals surface area contributed by atoms with Crippen LogP contribution in [0.25, 0.3) is 15.3 Å². The molecular formula is C25H27N5O3S2. The SMILES string of the molecule is CCCCN(C)S(=O)(=O)c1ccc(C(=O)Nc2c3c(nn2-c2nc4ccccc4s2)CCC3)cc1. The molecule has 0 saturated heterocycles. The predicted octanol–water partition coefficient (Wildman–Crippen LogP) is 4.64. The van der Waals surface area contributed by atoms with Crippen molar-refractivity contribution >= 4 is 43.3 Å². The normalized spacial score (nSPS) is 13.5. The number of sulfonamides is 1. The van der Waals surface area contributed by atoms with Crippen LogP contribution in [-0.2, 0) is 22.9 Å². The molecule has 1 aliphatic rings. The number of unbranched alkanes of at least 4 members (excludes halogenated alkanes) is 1. The fourth-order valence-electron chi connectivity index (χ4n) is 4.25. The maximum Gasteiger partial charge on any atom is 0.256 e. The molecule has 8 nitrogen and oxygen atoms in total. The fraction of sp³-hybridized carbons (Fsp3) is 0.320. The number of aromatic nitrogens is 3. The maximum absolute atomic E-state index is 13.2. The largest absolute Gasteiger partial charge is 0.306 e. The lowest BCUT2D eigenvalue weighted by Gasteiger charge is -2.17. The number of hydrogen-bond acceptors (Lipinski definition) is 6. The van der Waals surface area contributed by atoms with Gasteiger partial charge in [0.1, 0.15) is 5.82 Å². The standard InChI is InChI=1S/C25H27N5O3S2/c1-3-4-16-29(2)35(32,33)18-14-12-17(13-15-18)24(31)27-23-19-8-7-10-20(19)28-30(23)25-26-21-9-5-6-11-22(21)34-25/h5-6,9,11-15H,3-4,7-8,10,16H2,1-2H3,(H,27,31). The van der Waals surface area contributed by atoms with E-state index >= 15 is 0 Å². The molecular weight excluding hydrogens is 482 g/mol. The summed E-state index contributed by atoms with van der Waals surface area (Å²) >= 11 is 1.52. The van der Waals surface area contributed by atoms with E-state index in [1.54, 1.807) is 23.9 Å². The first-order valence-electron chi connectivity index (χ1n) is 11.7. The molecule has 1 N–H and O–H groups in total. The summed E-state index contributed by atoms with van der Waals surface area (Å²) < 4.78 is 29.7. The molecule has 0 radical (unpaired) electrons. The minimum Gasteiger partial charge on any atom is -0.306 e. The number of benzene rings is 2. The highest BCUT2D eigenvalue weighted by molar-refractivity contribution is 7.89. The third kappa shape index (κ3) is 4.49. The summed E-state index contributed by atoms with van der Waals surface area (Å²) in [6.07, 6.45) is 4.42. The van der Waals surface area contributed by atoms with Crippen molar-refractivity contribution in [2.24, 2.45) is 0 Å². The van der Waals surface area contributed by atoms with Crippen LogP contribution in [-0.4, -0.2) is 47.0 Å². The number of nitrogens with one attached hydrogen (secondary N) is 1. The van der Waals surface area contributed by atoms with Crippen molar-refractivity contribution in [1.29, 1.82) is 0 Å². The van der Waals surface area contributed by atoms with Crippen molar-refractivity contribution in [3.8, 4) is 5.13 Å². The lowest BCUT2D eigenvalue weighted by molar-refractivity contribution is 0.102. The second-order valence-corrected chi connectivity index (χ2v) is 11.7. The van der Waals surface area contributed by atoms with Gasteiger partial charge in [0.15, 0.2) is 0 Å². The third-order valence-electron chi connectivity index (χ3n) is 6.25. The fourth-order valence-corrected chi connectivity index (χ4v) is 6.38. The topological polar surface area (TPSA) is 97.2 Å². The molecule has 35 heavy (non-hydrogen) atoms. The Hall–Kier alpha value is -3.08.